The number of anilines is 2. The number of likely N-dealkylation sites (N-methyl/N-ethyl adjacent to an activating group) is 1. The minimum atomic E-state index is 0.548. The minimum Gasteiger partial charge on any atom is -0.493 e. The van der Waals surface area contributed by atoms with E-state index in [1.165, 1.54) is 0 Å². The smallest absolute Gasteiger partial charge is 0.163 e. The maximum atomic E-state index is 6.42. The van der Waals surface area contributed by atoms with Crippen molar-refractivity contribution in [2.24, 2.45) is 0 Å². The highest BCUT2D eigenvalue weighted by Crippen LogP contribution is 2.35. The van der Waals surface area contributed by atoms with E-state index in [-0.39, 0.29) is 0 Å². The molecule has 4 aromatic rings. The van der Waals surface area contributed by atoms with Crippen LogP contribution in [0.2, 0.25) is 5.02 Å². The fraction of sp³-hybridized carbons (Fsp3) is 0.273. The number of nitrogens with zero attached hydrogens (tertiary/aromatic N) is 4. The third-order valence-corrected chi connectivity index (χ3v) is 5.21. The van der Waals surface area contributed by atoms with Crippen molar-refractivity contribution in [3.05, 3.63) is 53.4 Å². The SMILES string of the molecule is COc1cc2c(cc1OCCN(C)C)nc(Nc1c(C)cccc1Cl)c1cncn12. The third-order valence-electron chi connectivity index (χ3n) is 4.90. The minimum absolute atomic E-state index is 0.548. The van der Waals surface area contributed by atoms with Gasteiger partial charge in [0.15, 0.2) is 17.3 Å². The van der Waals surface area contributed by atoms with E-state index in [4.69, 9.17) is 26.1 Å². The molecular weight excluding hydrogens is 402 g/mol. The Morgan fingerprint density at radius 3 is 2.73 bits per heavy atom. The van der Waals surface area contributed by atoms with Crippen molar-refractivity contribution < 1.29 is 9.47 Å². The zero-order chi connectivity index (χ0) is 21.3. The van der Waals surface area contributed by atoms with Crippen LogP contribution in [0, 0.1) is 6.92 Å². The normalized spacial score (nSPS) is 11.4. The first-order valence-corrected chi connectivity index (χ1v) is 9.99. The molecule has 0 saturated heterocycles. The summed E-state index contributed by atoms with van der Waals surface area (Å²) in [6, 6.07) is 9.60. The zero-order valence-electron chi connectivity index (χ0n) is 17.4. The molecule has 2 aromatic heterocycles. The predicted octanol–water partition coefficient (Wildman–Crippen LogP) is 4.54. The molecule has 0 aliphatic rings. The van der Waals surface area contributed by atoms with E-state index < -0.39 is 0 Å². The second kappa shape index (κ2) is 8.38. The summed E-state index contributed by atoms with van der Waals surface area (Å²) in [5.74, 6) is 1.97. The van der Waals surface area contributed by atoms with Gasteiger partial charge in [0.25, 0.3) is 0 Å². The number of halogens is 1. The van der Waals surface area contributed by atoms with E-state index in [1.807, 2.05) is 55.8 Å². The van der Waals surface area contributed by atoms with Crippen molar-refractivity contribution in [2.45, 2.75) is 6.92 Å². The Hall–Kier alpha value is -3.03. The highest BCUT2D eigenvalue weighted by Gasteiger charge is 2.15. The average molecular weight is 426 g/mol. The summed E-state index contributed by atoms with van der Waals surface area (Å²) in [6.07, 6.45) is 3.53. The molecule has 1 N–H and O–H groups in total. The van der Waals surface area contributed by atoms with Crippen LogP contribution in [0.15, 0.2) is 42.9 Å². The Balaban J connectivity index is 1.82. The molecule has 0 saturated carbocycles. The van der Waals surface area contributed by atoms with Gasteiger partial charge in [-0.3, -0.25) is 4.40 Å². The van der Waals surface area contributed by atoms with E-state index in [2.05, 4.69) is 15.2 Å². The van der Waals surface area contributed by atoms with Crippen LogP contribution >= 0.6 is 11.6 Å². The highest BCUT2D eigenvalue weighted by atomic mass is 35.5. The Kier molecular flexibility index (Phi) is 5.65. The molecular formula is C22H24ClN5O2. The van der Waals surface area contributed by atoms with Crippen molar-refractivity contribution in [1.82, 2.24) is 19.3 Å². The number of hydrogen-bond acceptors (Lipinski definition) is 6. The Morgan fingerprint density at radius 2 is 2.00 bits per heavy atom. The lowest BCUT2D eigenvalue weighted by atomic mass is 10.2. The lowest BCUT2D eigenvalue weighted by Crippen LogP contribution is -2.19. The number of ether oxygens (including phenoxy) is 2. The van der Waals surface area contributed by atoms with E-state index in [0.29, 0.717) is 28.9 Å². The lowest BCUT2D eigenvalue weighted by molar-refractivity contribution is 0.251. The molecule has 2 heterocycles. The molecule has 8 heteroatoms. The second-order valence-electron chi connectivity index (χ2n) is 7.31. The number of benzene rings is 2. The molecule has 0 radical (unpaired) electrons. The molecule has 0 aliphatic heterocycles. The van der Waals surface area contributed by atoms with Gasteiger partial charge in [-0.25, -0.2) is 9.97 Å². The van der Waals surface area contributed by atoms with Gasteiger partial charge in [0, 0.05) is 18.7 Å². The molecule has 0 bridgehead atoms. The molecule has 156 valence electrons. The summed E-state index contributed by atoms with van der Waals surface area (Å²) < 4.78 is 13.5. The van der Waals surface area contributed by atoms with Crippen molar-refractivity contribution in [3.63, 3.8) is 0 Å². The van der Waals surface area contributed by atoms with Crippen molar-refractivity contribution in [3.8, 4) is 11.5 Å². The van der Waals surface area contributed by atoms with E-state index in [1.54, 1.807) is 19.6 Å². The molecule has 0 fully saturated rings. The predicted molar refractivity (Wildman–Crippen MR) is 121 cm³/mol. The maximum absolute atomic E-state index is 6.42. The molecule has 0 aliphatic carbocycles. The lowest BCUT2D eigenvalue weighted by Gasteiger charge is -2.16. The summed E-state index contributed by atoms with van der Waals surface area (Å²) in [5.41, 5.74) is 4.33. The third kappa shape index (κ3) is 3.86. The number of aromatic nitrogens is 3. The first-order chi connectivity index (χ1) is 14.5. The van der Waals surface area contributed by atoms with Crippen LogP contribution in [0.25, 0.3) is 16.6 Å². The van der Waals surface area contributed by atoms with Gasteiger partial charge in [-0.05, 0) is 32.6 Å². The quantitative estimate of drug-likeness (QED) is 0.469. The van der Waals surface area contributed by atoms with Crippen LogP contribution in [0.3, 0.4) is 0 Å². The molecule has 7 nitrogen and oxygen atoms in total. The molecule has 4 rings (SSSR count). The molecule has 2 aromatic carbocycles. The number of methoxy groups -OCH3 is 1. The molecule has 30 heavy (non-hydrogen) atoms. The van der Waals surface area contributed by atoms with Gasteiger partial charge < -0.3 is 19.7 Å². The topological polar surface area (TPSA) is 63.9 Å². The first kappa shape index (κ1) is 20.3. The monoisotopic (exact) mass is 425 g/mol. The Morgan fingerprint density at radius 1 is 1.17 bits per heavy atom. The fourth-order valence-electron chi connectivity index (χ4n) is 3.27. The number of nitrogens with one attached hydrogen (secondary N) is 1. The summed E-state index contributed by atoms with van der Waals surface area (Å²) in [5, 5.41) is 4.02. The van der Waals surface area contributed by atoms with Crippen LogP contribution in [-0.4, -0.2) is 53.6 Å². The number of rotatable bonds is 7. The largest absolute Gasteiger partial charge is 0.493 e. The number of imidazole rings is 1. The van der Waals surface area contributed by atoms with Crippen LogP contribution in [0.5, 0.6) is 11.5 Å². The van der Waals surface area contributed by atoms with Gasteiger partial charge in [0.1, 0.15) is 12.1 Å². The van der Waals surface area contributed by atoms with Gasteiger partial charge in [-0.2, -0.15) is 0 Å². The van der Waals surface area contributed by atoms with Crippen LogP contribution in [-0.2, 0) is 0 Å². The number of hydrogen-bond donors (Lipinski definition) is 1. The van der Waals surface area contributed by atoms with E-state index >= 15 is 0 Å². The molecule has 0 spiro atoms. The first-order valence-electron chi connectivity index (χ1n) is 9.61. The van der Waals surface area contributed by atoms with Crippen LogP contribution in [0.1, 0.15) is 5.56 Å². The number of fused-ring (bicyclic) bond motifs is 3. The summed E-state index contributed by atoms with van der Waals surface area (Å²) in [6.45, 7) is 3.35. The number of aryl methyl sites for hydroxylation is 1. The summed E-state index contributed by atoms with van der Waals surface area (Å²) in [7, 11) is 5.65. The molecule has 0 atom stereocenters. The van der Waals surface area contributed by atoms with Gasteiger partial charge in [-0.15, -0.1) is 0 Å². The van der Waals surface area contributed by atoms with Crippen LogP contribution < -0.4 is 14.8 Å². The molecule has 0 amide bonds. The Bertz CT molecular complexity index is 1190. The van der Waals surface area contributed by atoms with Crippen LogP contribution in [0.4, 0.5) is 11.5 Å². The average Bonchev–Trinajstić information content (AvgIpc) is 3.20. The second-order valence-corrected chi connectivity index (χ2v) is 7.72. The maximum Gasteiger partial charge on any atom is 0.163 e. The van der Waals surface area contributed by atoms with Gasteiger partial charge in [-0.1, -0.05) is 23.7 Å². The van der Waals surface area contributed by atoms with Gasteiger partial charge in [0.2, 0.25) is 0 Å². The van der Waals surface area contributed by atoms with E-state index in [0.717, 1.165) is 34.3 Å². The highest BCUT2D eigenvalue weighted by molar-refractivity contribution is 6.33. The van der Waals surface area contributed by atoms with Crippen molar-refractivity contribution >= 4 is 39.7 Å². The van der Waals surface area contributed by atoms with Crippen molar-refractivity contribution in [1.29, 1.82) is 0 Å². The van der Waals surface area contributed by atoms with E-state index in [9.17, 15) is 0 Å². The molecule has 0 unspecified atom stereocenters. The summed E-state index contributed by atoms with van der Waals surface area (Å²) >= 11 is 6.42. The summed E-state index contributed by atoms with van der Waals surface area (Å²) in [4.78, 5) is 11.2. The zero-order valence-corrected chi connectivity index (χ0v) is 18.2. The Labute approximate surface area is 180 Å². The fourth-order valence-corrected chi connectivity index (χ4v) is 3.54. The standard InChI is InChI=1S/C22H24ClN5O2/c1-14-6-5-7-15(23)21(14)26-22-18-12-24-13-28(18)17-11-19(29-4)20(10-16(17)25-22)30-9-8-27(2)3/h5-7,10-13H,8-9H2,1-4H3,(H,25,26). The van der Waals surface area contributed by atoms with Gasteiger partial charge >= 0.3 is 0 Å². The van der Waals surface area contributed by atoms with Gasteiger partial charge in [0.05, 0.1) is 41.4 Å². The number of para-hydroxylation sites is 1. The van der Waals surface area contributed by atoms with Crippen molar-refractivity contribution in [2.75, 3.05) is 39.7 Å².